The van der Waals surface area contributed by atoms with Crippen LogP contribution in [0.3, 0.4) is 0 Å². The highest BCUT2D eigenvalue weighted by Crippen LogP contribution is 2.28. The molecule has 0 radical (unpaired) electrons. The van der Waals surface area contributed by atoms with E-state index < -0.39 is 0 Å². The third-order valence-electron chi connectivity index (χ3n) is 4.54. The number of carbonyl (C=O) groups is 1. The van der Waals surface area contributed by atoms with Gasteiger partial charge in [0.05, 0.1) is 0 Å². The van der Waals surface area contributed by atoms with Crippen LogP contribution < -0.4 is 5.32 Å². The van der Waals surface area contributed by atoms with Gasteiger partial charge in [-0.15, -0.1) is 10.2 Å². The molecule has 1 N–H and O–H groups in total. The van der Waals surface area contributed by atoms with E-state index in [2.05, 4.69) is 15.5 Å². The Balaban J connectivity index is 1.55. The van der Waals surface area contributed by atoms with E-state index in [1.54, 1.807) is 12.7 Å². The molecule has 3 heterocycles. The molecule has 2 aliphatic heterocycles. The van der Waals surface area contributed by atoms with Crippen molar-refractivity contribution in [2.24, 2.45) is 5.92 Å². The van der Waals surface area contributed by atoms with Gasteiger partial charge in [-0.25, -0.2) is 0 Å². The number of carbonyl (C=O) groups excluding carboxylic acids is 1. The van der Waals surface area contributed by atoms with Crippen LogP contribution >= 0.6 is 0 Å². The van der Waals surface area contributed by atoms with Gasteiger partial charge < -0.3 is 10.2 Å². The summed E-state index contributed by atoms with van der Waals surface area (Å²) in [6.45, 7) is 2.85. The highest BCUT2D eigenvalue weighted by Gasteiger charge is 2.39. The lowest BCUT2D eigenvalue weighted by Gasteiger charge is -2.23. The molecule has 4 rings (SSSR count). The number of amides is 1. The Kier molecular flexibility index (Phi) is 2.96. The zero-order chi connectivity index (χ0) is 14.2. The Morgan fingerprint density at radius 2 is 1.90 bits per heavy atom. The highest BCUT2D eigenvalue weighted by atomic mass is 16.2. The maximum Gasteiger partial charge on any atom is 0.254 e. The second kappa shape index (κ2) is 4.96. The highest BCUT2D eigenvalue weighted by molar-refractivity contribution is 5.94. The summed E-state index contributed by atoms with van der Waals surface area (Å²) in [4.78, 5) is 14.7. The van der Waals surface area contributed by atoms with E-state index in [-0.39, 0.29) is 5.91 Å². The van der Waals surface area contributed by atoms with Crippen LogP contribution in [0.1, 0.15) is 16.8 Å². The molecule has 6 nitrogen and oxygen atoms in total. The predicted molar refractivity (Wildman–Crippen MR) is 77.2 cm³/mol. The average Bonchev–Trinajstić information content (AvgIpc) is 3.24. The standard InChI is InChI=1S/C15H17N5O/c21-15(20-6-5-12-7-16-8-14(12)20)11-1-3-13(4-2-11)19-9-17-18-10-19/h1-4,9-10,12,14,16H,5-8H2/t12-,14+/m0/s1. The molecule has 2 aliphatic rings. The average molecular weight is 283 g/mol. The van der Waals surface area contributed by atoms with Gasteiger partial charge in [-0.1, -0.05) is 0 Å². The molecule has 2 aromatic rings. The van der Waals surface area contributed by atoms with Gasteiger partial charge in [0.2, 0.25) is 0 Å². The topological polar surface area (TPSA) is 63.1 Å². The number of hydrogen-bond donors (Lipinski definition) is 1. The molecule has 1 aromatic carbocycles. The lowest BCUT2D eigenvalue weighted by molar-refractivity contribution is 0.0737. The van der Waals surface area contributed by atoms with Gasteiger partial charge in [0.1, 0.15) is 12.7 Å². The molecule has 2 saturated heterocycles. The molecule has 2 fully saturated rings. The van der Waals surface area contributed by atoms with Crippen LogP contribution in [0.4, 0.5) is 0 Å². The first-order valence-corrected chi connectivity index (χ1v) is 7.30. The molecule has 0 aliphatic carbocycles. The summed E-state index contributed by atoms with van der Waals surface area (Å²) in [5.74, 6) is 0.770. The third kappa shape index (κ3) is 2.12. The summed E-state index contributed by atoms with van der Waals surface area (Å²) in [6.07, 6.45) is 4.40. The first-order valence-electron chi connectivity index (χ1n) is 7.30. The number of hydrogen-bond acceptors (Lipinski definition) is 4. The molecule has 0 bridgehead atoms. The van der Waals surface area contributed by atoms with Gasteiger partial charge in [0.25, 0.3) is 5.91 Å². The normalized spacial score (nSPS) is 24.3. The monoisotopic (exact) mass is 283 g/mol. The van der Waals surface area contributed by atoms with E-state index in [1.165, 1.54) is 0 Å². The first kappa shape index (κ1) is 12.5. The van der Waals surface area contributed by atoms with Crippen LogP contribution in [0.2, 0.25) is 0 Å². The molecule has 21 heavy (non-hydrogen) atoms. The smallest absolute Gasteiger partial charge is 0.254 e. The van der Waals surface area contributed by atoms with Gasteiger partial charge >= 0.3 is 0 Å². The SMILES string of the molecule is O=C(c1ccc(-n2cnnc2)cc1)N1CC[C@H]2CNC[C@H]21. The van der Waals surface area contributed by atoms with Gasteiger partial charge in [-0.2, -0.15) is 0 Å². The molecular weight excluding hydrogens is 266 g/mol. The second-order valence-corrected chi connectivity index (χ2v) is 5.69. The van der Waals surface area contributed by atoms with Crippen LogP contribution in [0.15, 0.2) is 36.9 Å². The van der Waals surface area contributed by atoms with Crippen molar-refractivity contribution < 1.29 is 4.79 Å². The Labute approximate surface area is 122 Å². The zero-order valence-electron chi connectivity index (χ0n) is 11.6. The van der Waals surface area contributed by atoms with Crippen LogP contribution in [0, 0.1) is 5.92 Å². The van der Waals surface area contributed by atoms with Gasteiger partial charge in [0.15, 0.2) is 0 Å². The fourth-order valence-corrected chi connectivity index (χ4v) is 3.38. The fourth-order valence-electron chi connectivity index (χ4n) is 3.38. The fraction of sp³-hybridized carbons (Fsp3) is 0.400. The lowest BCUT2D eigenvalue weighted by Crippen LogP contribution is -2.39. The van der Waals surface area contributed by atoms with Crippen LogP contribution in [0.25, 0.3) is 5.69 Å². The minimum Gasteiger partial charge on any atom is -0.334 e. The van der Waals surface area contributed by atoms with E-state index in [0.717, 1.165) is 37.3 Å². The summed E-state index contributed by atoms with van der Waals surface area (Å²) in [7, 11) is 0. The minimum absolute atomic E-state index is 0.140. The molecular formula is C15H17N5O. The molecule has 0 spiro atoms. The number of nitrogens with zero attached hydrogens (tertiary/aromatic N) is 4. The lowest BCUT2D eigenvalue weighted by atomic mass is 10.0. The minimum atomic E-state index is 0.140. The third-order valence-corrected chi connectivity index (χ3v) is 4.54. The largest absolute Gasteiger partial charge is 0.334 e. The van der Waals surface area contributed by atoms with Gasteiger partial charge in [0, 0.05) is 36.9 Å². The van der Waals surface area contributed by atoms with Crippen molar-refractivity contribution in [3.8, 4) is 5.69 Å². The molecule has 108 valence electrons. The van der Waals surface area contributed by atoms with Gasteiger partial charge in [-0.05, 0) is 36.6 Å². The second-order valence-electron chi connectivity index (χ2n) is 5.69. The van der Waals surface area contributed by atoms with Crippen molar-refractivity contribution in [3.05, 3.63) is 42.5 Å². The first-order chi connectivity index (χ1) is 10.3. The molecule has 6 heteroatoms. The van der Waals surface area contributed by atoms with Crippen molar-refractivity contribution in [2.75, 3.05) is 19.6 Å². The summed E-state index contributed by atoms with van der Waals surface area (Å²) in [6, 6.07) is 7.99. The molecule has 1 amide bonds. The Morgan fingerprint density at radius 1 is 1.14 bits per heavy atom. The number of fused-ring (bicyclic) bond motifs is 1. The maximum absolute atomic E-state index is 12.7. The molecule has 2 atom stereocenters. The number of benzene rings is 1. The quantitative estimate of drug-likeness (QED) is 0.881. The summed E-state index contributed by atoms with van der Waals surface area (Å²) >= 11 is 0. The van der Waals surface area contributed by atoms with E-state index in [1.807, 2.05) is 33.7 Å². The summed E-state index contributed by atoms with van der Waals surface area (Å²) < 4.78 is 1.82. The maximum atomic E-state index is 12.7. The zero-order valence-corrected chi connectivity index (χ0v) is 11.6. The van der Waals surface area contributed by atoms with Crippen LogP contribution in [0.5, 0.6) is 0 Å². The van der Waals surface area contributed by atoms with E-state index in [0.29, 0.717) is 12.0 Å². The number of nitrogens with one attached hydrogen (secondary N) is 1. The summed E-state index contributed by atoms with van der Waals surface area (Å²) in [5.41, 5.74) is 1.71. The van der Waals surface area contributed by atoms with Crippen molar-refractivity contribution >= 4 is 5.91 Å². The molecule has 0 unspecified atom stereocenters. The predicted octanol–water partition coefficient (Wildman–Crippen LogP) is 0.701. The van der Waals surface area contributed by atoms with E-state index in [4.69, 9.17) is 0 Å². The van der Waals surface area contributed by atoms with Crippen LogP contribution in [-0.2, 0) is 0 Å². The van der Waals surface area contributed by atoms with Crippen molar-refractivity contribution in [2.45, 2.75) is 12.5 Å². The molecule has 0 saturated carbocycles. The number of rotatable bonds is 2. The van der Waals surface area contributed by atoms with Gasteiger partial charge in [-0.3, -0.25) is 9.36 Å². The van der Waals surface area contributed by atoms with E-state index in [9.17, 15) is 4.79 Å². The van der Waals surface area contributed by atoms with Crippen molar-refractivity contribution in [1.82, 2.24) is 25.0 Å². The molecule has 1 aromatic heterocycles. The van der Waals surface area contributed by atoms with Crippen molar-refractivity contribution in [3.63, 3.8) is 0 Å². The Bertz CT molecular complexity index is 637. The Morgan fingerprint density at radius 3 is 2.67 bits per heavy atom. The van der Waals surface area contributed by atoms with Crippen LogP contribution in [-0.4, -0.2) is 51.2 Å². The van der Waals surface area contributed by atoms with Crippen molar-refractivity contribution in [1.29, 1.82) is 0 Å². The summed E-state index contributed by atoms with van der Waals surface area (Å²) in [5, 5.41) is 10.9. The Hall–Kier alpha value is -2.21. The number of likely N-dealkylation sites (tertiary alicyclic amines) is 1. The van der Waals surface area contributed by atoms with E-state index >= 15 is 0 Å². The number of aromatic nitrogens is 3.